The Hall–Kier alpha value is -2.46. The standard InChI is InChI=1S/C19H24N6O3S/c1-11-8-9-25-18(28-11)16(10-21-25)29(20,27)24-19(26)23-17-12-4-2-6-14(12)22-15-7-3-5-13(15)17/h10-11H,2-9H2,1H3,(H3,20,22,23,24,26,27). The molecule has 0 fully saturated rings. The summed E-state index contributed by atoms with van der Waals surface area (Å²) in [5, 5.41) is 13.0. The Morgan fingerprint density at radius 2 is 1.97 bits per heavy atom. The summed E-state index contributed by atoms with van der Waals surface area (Å²) < 4.78 is 24.3. The van der Waals surface area contributed by atoms with Crippen molar-refractivity contribution in [3.63, 3.8) is 0 Å². The van der Waals surface area contributed by atoms with Crippen molar-refractivity contribution in [3.8, 4) is 5.88 Å². The van der Waals surface area contributed by atoms with Crippen molar-refractivity contribution in [1.29, 1.82) is 0 Å². The predicted molar refractivity (Wildman–Crippen MR) is 107 cm³/mol. The van der Waals surface area contributed by atoms with Gasteiger partial charge < -0.3 is 10.1 Å². The van der Waals surface area contributed by atoms with Crippen molar-refractivity contribution < 1.29 is 13.7 Å². The van der Waals surface area contributed by atoms with Gasteiger partial charge in [-0.3, -0.25) is 4.98 Å². The number of carbonyl (C=O) groups is 1. The van der Waals surface area contributed by atoms with Crippen LogP contribution < -0.4 is 15.2 Å². The first-order valence-electron chi connectivity index (χ1n) is 10.0. The fraction of sp³-hybridized carbons (Fsp3) is 0.526. The average molecular weight is 417 g/mol. The van der Waals surface area contributed by atoms with Crippen LogP contribution >= 0.6 is 0 Å². The van der Waals surface area contributed by atoms with Crippen LogP contribution in [0, 0.1) is 0 Å². The Morgan fingerprint density at radius 1 is 1.28 bits per heavy atom. The molecular formula is C19H24N6O3S. The molecule has 3 N–H and O–H groups in total. The summed E-state index contributed by atoms with van der Waals surface area (Å²) in [6, 6.07) is -0.712. The number of carbonyl (C=O) groups excluding carboxylic acids is 1. The van der Waals surface area contributed by atoms with Gasteiger partial charge in [0.05, 0.1) is 18.0 Å². The van der Waals surface area contributed by atoms with Gasteiger partial charge in [0.1, 0.15) is 4.90 Å². The lowest BCUT2D eigenvalue weighted by Gasteiger charge is -2.22. The molecule has 5 rings (SSSR count). The van der Waals surface area contributed by atoms with E-state index in [1.165, 1.54) is 6.20 Å². The molecular weight excluding hydrogens is 392 g/mol. The molecule has 10 heteroatoms. The maximum Gasteiger partial charge on any atom is 0.354 e. The number of aryl methyl sites for hydroxylation is 3. The number of aromatic nitrogens is 3. The number of amides is 2. The van der Waals surface area contributed by atoms with E-state index in [4.69, 9.17) is 14.9 Å². The zero-order valence-corrected chi connectivity index (χ0v) is 17.1. The van der Waals surface area contributed by atoms with Crippen LogP contribution in [0.5, 0.6) is 5.88 Å². The molecule has 0 aromatic carbocycles. The summed E-state index contributed by atoms with van der Waals surface area (Å²) in [5.41, 5.74) is 5.08. The smallest absolute Gasteiger partial charge is 0.354 e. The number of nitrogens with one attached hydrogen (secondary N) is 1. The summed E-state index contributed by atoms with van der Waals surface area (Å²) in [7, 11) is -3.49. The second-order valence-electron chi connectivity index (χ2n) is 7.89. The van der Waals surface area contributed by atoms with Gasteiger partial charge in [-0.25, -0.2) is 18.8 Å². The molecule has 29 heavy (non-hydrogen) atoms. The molecule has 2 atom stereocenters. The predicted octanol–water partition coefficient (Wildman–Crippen LogP) is 2.36. The van der Waals surface area contributed by atoms with E-state index in [-0.39, 0.29) is 11.0 Å². The Kier molecular flexibility index (Phi) is 4.36. The third kappa shape index (κ3) is 3.20. The molecule has 0 radical (unpaired) electrons. The largest absolute Gasteiger partial charge is 0.474 e. The molecule has 2 aliphatic carbocycles. The summed E-state index contributed by atoms with van der Waals surface area (Å²) in [5.74, 6) is 0.332. The van der Waals surface area contributed by atoms with E-state index in [1.54, 1.807) is 4.68 Å². The molecule has 9 nitrogen and oxygen atoms in total. The van der Waals surface area contributed by atoms with E-state index in [2.05, 4.69) is 14.8 Å². The lowest BCUT2D eigenvalue weighted by Crippen LogP contribution is -2.25. The Morgan fingerprint density at radius 3 is 2.66 bits per heavy atom. The molecule has 2 aromatic rings. The number of fused-ring (bicyclic) bond motifs is 3. The molecule has 2 aromatic heterocycles. The van der Waals surface area contributed by atoms with Crippen LogP contribution in [-0.2, 0) is 42.1 Å². The van der Waals surface area contributed by atoms with Crippen molar-refractivity contribution >= 4 is 21.6 Å². The van der Waals surface area contributed by atoms with E-state index >= 15 is 0 Å². The molecule has 154 valence electrons. The van der Waals surface area contributed by atoms with Crippen LogP contribution in [0.4, 0.5) is 10.5 Å². The van der Waals surface area contributed by atoms with Crippen LogP contribution in [0.25, 0.3) is 0 Å². The van der Waals surface area contributed by atoms with Crippen molar-refractivity contribution in [2.45, 2.75) is 69.4 Å². The first-order valence-corrected chi connectivity index (χ1v) is 11.6. The number of hydrogen-bond acceptors (Lipinski definition) is 5. The highest BCUT2D eigenvalue weighted by molar-refractivity contribution is 7.91. The number of anilines is 1. The third-order valence-corrected chi connectivity index (χ3v) is 7.18. The number of nitrogens with two attached hydrogens (primary N) is 1. The highest BCUT2D eigenvalue weighted by atomic mass is 32.2. The lowest BCUT2D eigenvalue weighted by atomic mass is 10.1. The van der Waals surface area contributed by atoms with Gasteiger partial charge in [-0.05, 0) is 56.6 Å². The van der Waals surface area contributed by atoms with Gasteiger partial charge in [-0.1, -0.05) is 0 Å². The van der Waals surface area contributed by atoms with Gasteiger partial charge in [-0.2, -0.15) is 5.10 Å². The number of pyridine rings is 1. The third-order valence-electron chi connectivity index (χ3n) is 5.84. The summed E-state index contributed by atoms with van der Waals surface area (Å²) in [4.78, 5) is 17.7. The molecule has 1 aliphatic heterocycles. The van der Waals surface area contributed by atoms with Gasteiger partial charge in [0, 0.05) is 24.4 Å². The second kappa shape index (κ2) is 6.81. The number of ether oxygens (including phenoxy) is 1. The molecule has 0 spiro atoms. The molecule has 2 amide bonds. The van der Waals surface area contributed by atoms with Crippen LogP contribution in [0.15, 0.2) is 15.5 Å². The minimum Gasteiger partial charge on any atom is -0.474 e. The SMILES string of the molecule is CC1CCn2ncc(S(N)(=O)=NC(=O)Nc3c4c(nc5c3CCC5)CCC4)c2O1. The topological polar surface area (TPSA) is 124 Å². The highest BCUT2D eigenvalue weighted by Crippen LogP contribution is 2.37. The maximum absolute atomic E-state index is 13.1. The Balaban J connectivity index is 1.48. The second-order valence-corrected chi connectivity index (χ2v) is 9.65. The van der Waals surface area contributed by atoms with Crippen molar-refractivity contribution in [1.82, 2.24) is 14.8 Å². The van der Waals surface area contributed by atoms with Crippen molar-refractivity contribution in [2.75, 3.05) is 5.32 Å². The van der Waals surface area contributed by atoms with Crippen LogP contribution in [0.1, 0.15) is 48.7 Å². The molecule has 3 heterocycles. The zero-order chi connectivity index (χ0) is 20.2. The average Bonchev–Trinajstić information content (AvgIpc) is 3.39. The minimum absolute atomic E-state index is 0.0380. The van der Waals surface area contributed by atoms with Gasteiger partial charge in [0.2, 0.25) is 5.88 Å². The fourth-order valence-electron chi connectivity index (χ4n) is 4.43. The van der Waals surface area contributed by atoms with Crippen LogP contribution in [-0.4, -0.2) is 31.1 Å². The van der Waals surface area contributed by atoms with Gasteiger partial charge in [0.25, 0.3) is 0 Å². The van der Waals surface area contributed by atoms with E-state index in [0.717, 1.165) is 73.1 Å². The summed E-state index contributed by atoms with van der Waals surface area (Å²) >= 11 is 0. The molecule has 0 saturated heterocycles. The number of hydrogen-bond donors (Lipinski definition) is 2. The molecule has 2 unspecified atom stereocenters. The minimum atomic E-state index is -3.49. The van der Waals surface area contributed by atoms with Gasteiger partial charge in [0.15, 0.2) is 9.92 Å². The summed E-state index contributed by atoms with van der Waals surface area (Å²) in [6.45, 7) is 2.57. The van der Waals surface area contributed by atoms with Crippen molar-refractivity contribution in [3.05, 3.63) is 28.7 Å². The van der Waals surface area contributed by atoms with Crippen molar-refractivity contribution in [2.24, 2.45) is 9.50 Å². The van der Waals surface area contributed by atoms with Crippen LogP contribution in [0.2, 0.25) is 0 Å². The number of rotatable bonds is 2. The molecule has 0 bridgehead atoms. The number of urea groups is 1. The zero-order valence-electron chi connectivity index (χ0n) is 16.3. The first-order chi connectivity index (χ1) is 13.9. The van der Waals surface area contributed by atoms with E-state index in [1.807, 2.05) is 6.92 Å². The van der Waals surface area contributed by atoms with Crippen LogP contribution in [0.3, 0.4) is 0 Å². The van der Waals surface area contributed by atoms with Gasteiger partial charge in [-0.15, -0.1) is 4.36 Å². The van der Waals surface area contributed by atoms with E-state index in [0.29, 0.717) is 12.4 Å². The quantitative estimate of drug-likeness (QED) is 0.777. The van der Waals surface area contributed by atoms with E-state index < -0.39 is 15.9 Å². The van der Waals surface area contributed by atoms with E-state index in [9.17, 15) is 9.00 Å². The first kappa shape index (κ1) is 18.6. The summed E-state index contributed by atoms with van der Waals surface area (Å²) in [6.07, 6.45) is 7.81. The number of nitrogens with zero attached hydrogens (tertiary/aromatic N) is 4. The maximum atomic E-state index is 13.1. The Labute approximate surface area is 169 Å². The highest BCUT2D eigenvalue weighted by Gasteiger charge is 2.28. The normalized spacial score (nSPS) is 21.5. The molecule has 0 saturated carbocycles. The monoisotopic (exact) mass is 416 g/mol. The Bertz CT molecular complexity index is 1100. The molecule has 3 aliphatic rings. The fourth-order valence-corrected chi connectivity index (χ4v) is 5.42. The van der Waals surface area contributed by atoms with Gasteiger partial charge >= 0.3 is 6.03 Å². The lowest BCUT2D eigenvalue weighted by molar-refractivity contribution is 0.144.